The van der Waals surface area contributed by atoms with Crippen molar-refractivity contribution in [3.63, 3.8) is 0 Å². The van der Waals surface area contributed by atoms with Crippen molar-refractivity contribution in [2.75, 3.05) is 7.11 Å². The van der Waals surface area contributed by atoms with Gasteiger partial charge in [-0.15, -0.1) is 0 Å². The third-order valence-corrected chi connectivity index (χ3v) is 4.04. The fourth-order valence-electron chi connectivity index (χ4n) is 2.72. The zero-order chi connectivity index (χ0) is 15.2. The van der Waals surface area contributed by atoms with Gasteiger partial charge in [0.25, 0.3) is 0 Å². The summed E-state index contributed by atoms with van der Waals surface area (Å²) in [6.45, 7) is 4.81. The van der Waals surface area contributed by atoms with Gasteiger partial charge in [-0.05, 0) is 44.4 Å². The van der Waals surface area contributed by atoms with Crippen molar-refractivity contribution in [1.82, 2.24) is 15.8 Å². The first-order chi connectivity index (χ1) is 10.1. The Bertz CT molecular complexity index is 451. The fraction of sp³-hybridized carbons (Fsp3) is 0.562. The molecule has 5 heteroatoms. The van der Waals surface area contributed by atoms with Crippen LogP contribution in [0.15, 0.2) is 24.3 Å². The minimum absolute atomic E-state index is 0.147. The van der Waals surface area contributed by atoms with Crippen LogP contribution < -0.4 is 15.5 Å². The van der Waals surface area contributed by atoms with E-state index in [0.717, 1.165) is 24.2 Å². The molecule has 1 aromatic rings. The molecule has 1 aliphatic rings. The van der Waals surface area contributed by atoms with Gasteiger partial charge >= 0.3 is 6.03 Å². The van der Waals surface area contributed by atoms with Crippen LogP contribution in [0.3, 0.4) is 0 Å². The molecule has 2 amide bonds. The molecular weight excluding hydrogens is 266 g/mol. The average Bonchev–Trinajstić information content (AvgIpc) is 2.49. The number of urea groups is 1. The molecule has 21 heavy (non-hydrogen) atoms. The second kappa shape index (κ2) is 7.31. The zero-order valence-corrected chi connectivity index (χ0v) is 13.1. The predicted molar refractivity (Wildman–Crippen MR) is 83.0 cm³/mol. The van der Waals surface area contributed by atoms with Crippen LogP contribution in [0.5, 0.6) is 5.75 Å². The SMILES string of the molecule is COc1ccc(CNC(=O)NN2C(C)CCCC2C)cc1. The molecule has 0 aromatic heterocycles. The largest absolute Gasteiger partial charge is 0.497 e. The number of hydrazine groups is 1. The lowest BCUT2D eigenvalue weighted by Crippen LogP contribution is -2.56. The Hall–Kier alpha value is -1.75. The maximum absolute atomic E-state index is 12.0. The first-order valence-electron chi connectivity index (χ1n) is 7.56. The van der Waals surface area contributed by atoms with Gasteiger partial charge in [-0.25, -0.2) is 9.80 Å². The van der Waals surface area contributed by atoms with E-state index in [1.807, 2.05) is 24.3 Å². The summed E-state index contributed by atoms with van der Waals surface area (Å²) in [7, 11) is 1.64. The van der Waals surface area contributed by atoms with Crippen molar-refractivity contribution in [2.45, 2.75) is 51.7 Å². The number of piperidine rings is 1. The number of amides is 2. The summed E-state index contributed by atoms with van der Waals surface area (Å²) in [6, 6.07) is 8.32. The van der Waals surface area contributed by atoms with E-state index in [4.69, 9.17) is 4.74 Å². The van der Waals surface area contributed by atoms with E-state index >= 15 is 0 Å². The first-order valence-corrected chi connectivity index (χ1v) is 7.56. The summed E-state index contributed by atoms with van der Waals surface area (Å²) in [5.41, 5.74) is 4.02. The molecule has 2 unspecified atom stereocenters. The fourth-order valence-corrected chi connectivity index (χ4v) is 2.72. The number of carbonyl (C=O) groups is 1. The van der Waals surface area contributed by atoms with Crippen LogP contribution in [0.2, 0.25) is 0 Å². The van der Waals surface area contributed by atoms with Gasteiger partial charge in [0.15, 0.2) is 0 Å². The topological polar surface area (TPSA) is 53.6 Å². The van der Waals surface area contributed by atoms with Crippen LogP contribution in [-0.4, -0.2) is 30.2 Å². The number of hydrogen-bond donors (Lipinski definition) is 2. The van der Waals surface area contributed by atoms with Crippen molar-refractivity contribution in [1.29, 1.82) is 0 Å². The number of nitrogens with zero attached hydrogens (tertiary/aromatic N) is 1. The highest BCUT2D eigenvalue weighted by Crippen LogP contribution is 2.20. The molecule has 2 N–H and O–H groups in total. The molecule has 0 aliphatic carbocycles. The number of rotatable bonds is 4. The molecule has 0 spiro atoms. The molecule has 0 saturated carbocycles. The molecule has 1 heterocycles. The normalized spacial score (nSPS) is 22.6. The second-order valence-corrected chi connectivity index (χ2v) is 5.68. The Kier molecular flexibility index (Phi) is 5.44. The lowest BCUT2D eigenvalue weighted by atomic mass is 10.00. The Morgan fingerprint density at radius 3 is 2.43 bits per heavy atom. The molecular formula is C16H25N3O2. The maximum Gasteiger partial charge on any atom is 0.329 e. The molecule has 116 valence electrons. The highest BCUT2D eigenvalue weighted by atomic mass is 16.5. The number of benzene rings is 1. The van der Waals surface area contributed by atoms with Gasteiger partial charge in [-0.3, -0.25) is 5.43 Å². The molecule has 2 atom stereocenters. The van der Waals surface area contributed by atoms with E-state index in [9.17, 15) is 4.79 Å². The molecule has 1 fully saturated rings. The summed E-state index contributed by atoms with van der Waals surface area (Å²) >= 11 is 0. The molecule has 5 nitrogen and oxygen atoms in total. The number of nitrogens with one attached hydrogen (secondary N) is 2. The molecule has 2 rings (SSSR count). The molecule has 0 radical (unpaired) electrons. The van der Waals surface area contributed by atoms with Crippen LogP contribution in [0.4, 0.5) is 4.79 Å². The van der Waals surface area contributed by atoms with E-state index < -0.39 is 0 Å². The van der Waals surface area contributed by atoms with Crippen LogP contribution in [0, 0.1) is 0 Å². The Morgan fingerprint density at radius 1 is 1.24 bits per heavy atom. The third-order valence-electron chi connectivity index (χ3n) is 4.04. The van der Waals surface area contributed by atoms with Crippen molar-refractivity contribution in [2.24, 2.45) is 0 Å². The number of ether oxygens (including phenoxy) is 1. The summed E-state index contributed by atoms with van der Waals surface area (Å²) in [5, 5.41) is 4.95. The van der Waals surface area contributed by atoms with E-state index in [-0.39, 0.29) is 6.03 Å². The molecule has 1 saturated heterocycles. The molecule has 1 aliphatic heterocycles. The van der Waals surface area contributed by atoms with E-state index in [1.165, 1.54) is 6.42 Å². The lowest BCUT2D eigenvalue weighted by Gasteiger charge is -2.38. The van der Waals surface area contributed by atoms with Crippen LogP contribution in [0.25, 0.3) is 0 Å². The highest BCUT2D eigenvalue weighted by molar-refractivity contribution is 5.73. The van der Waals surface area contributed by atoms with E-state index in [0.29, 0.717) is 18.6 Å². The highest BCUT2D eigenvalue weighted by Gasteiger charge is 2.25. The molecule has 0 bridgehead atoms. The first kappa shape index (κ1) is 15.6. The Morgan fingerprint density at radius 2 is 1.86 bits per heavy atom. The van der Waals surface area contributed by atoms with Gasteiger partial charge in [-0.1, -0.05) is 18.6 Å². The minimum atomic E-state index is -0.147. The van der Waals surface area contributed by atoms with Crippen molar-refractivity contribution in [3.8, 4) is 5.75 Å². The van der Waals surface area contributed by atoms with Crippen LogP contribution in [0.1, 0.15) is 38.7 Å². The maximum atomic E-state index is 12.0. The van der Waals surface area contributed by atoms with E-state index in [2.05, 4.69) is 29.6 Å². The standard InChI is InChI=1S/C16H25N3O2/c1-12-5-4-6-13(2)19(12)18-16(20)17-11-14-7-9-15(21-3)10-8-14/h7-10,12-13H,4-6,11H2,1-3H3,(H2,17,18,20). The minimum Gasteiger partial charge on any atom is -0.497 e. The number of carbonyl (C=O) groups excluding carboxylic acids is 1. The summed E-state index contributed by atoms with van der Waals surface area (Å²) in [4.78, 5) is 12.0. The quantitative estimate of drug-likeness (QED) is 0.896. The third kappa shape index (κ3) is 4.36. The van der Waals surface area contributed by atoms with Gasteiger partial charge in [0.1, 0.15) is 5.75 Å². The predicted octanol–water partition coefficient (Wildman–Crippen LogP) is 2.67. The lowest BCUT2D eigenvalue weighted by molar-refractivity contribution is 0.0594. The summed E-state index contributed by atoms with van der Waals surface area (Å²) in [5.74, 6) is 0.819. The Balaban J connectivity index is 1.81. The van der Waals surface area contributed by atoms with Crippen molar-refractivity contribution >= 4 is 6.03 Å². The second-order valence-electron chi connectivity index (χ2n) is 5.68. The van der Waals surface area contributed by atoms with Gasteiger partial charge in [-0.2, -0.15) is 0 Å². The van der Waals surface area contributed by atoms with Gasteiger partial charge < -0.3 is 10.1 Å². The summed E-state index contributed by atoms with van der Waals surface area (Å²) < 4.78 is 5.11. The summed E-state index contributed by atoms with van der Waals surface area (Å²) in [6.07, 6.45) is 3.49. The number of hydrogen-bond acceptors (Lipinski definition) is 3. The smallest absolute Gasteiger partial charge is 0.329 e. The van der Waals surface area contributed by atoms with Gasteiger partial charge in [0.05, 0.1) is 7.11 Å². The van der Waals surface area contributed by atoms with Gasteiger partial charge in [0.2, 0.25) is 0 Å². The molecule has 1 aromatic carbocycles. The monoisotopic (exact) mass is 291 g/mol. The Labute approximate surface area is 126 Å². The van der Waals surface area contributed by atoms with Crippen LogP contribution in [-0.2, 0) is 6.54 Å². The van der Waals surface area contributed by atoms with E-state index in [1.54, 1.807) is 7.11 Å². The van der Waals surface area contributed by atoms with Crippen LogP contribution >= 0.6 is 0 Å². The zero-order valence-electron chi connectivity index (χ0n) is 13.1. The van der Waals surface area contributed by atoms with Gasteiger partial charge in [0, 0.05) is 18.6 Å². The van der Waals surface area contributed by atoms with Crippen molar-refractivity contribution < 1.29 is 9.53 Å². The average molecular weight is 291 g/mol. The number of methoxy groups -OCH3 is 1. The van der Waals surface area contributed by atoms with Crippen molar-refractivity contribution in [3.05, 3.63) is 29.8 Å².